The van der Waals surface area contributed by atoms with Gasteiger partial charge in [0.2, 0.25) is 5.91 Å². The van der Waals surface area contributed by atoms with Gasteiger partial charge in [-0.1, -0.05) is 15.9 Å². The zero-order valence-electron chi connectivity index (χ0n) is 9.53. The summed E-state index contributed by atoms with van der Waals surface area (Å²) in [5, 5.41) is 3.89. The molecule has 0 radical (unpaired) electrons. The quantitative estimate of drug-likeness (QED) is 0.945. The molecule has 0 saturated heterocycles. The summed E-state index contributed by atoms with van der Waals surface area (Å²) in [4.78, 5) is 15.1. The number of nitrogens with one attached hydrogen (secondary N) is 1. The fraction of sp³-hybridized carbons (Fsp3) is 0.231. The second-order valence-electron chi connectivity index (χ2n) is 3.91. The third kappa shape index (κ3) is 3.27. The monoisotopic (exact) mass is 292 g/mol. The maximum atomic E-state index is 10.8. The molecule has 17 heavy (non-hydrogen) atoms. The van der Waals surface area contributed by atoms with Gasteiger partial charge in [-0.2, -0.15) is 0 Å². The summed E-state index contributed by atoms with van der Waals surface area (Å²) in [6.07, 6.45) is 2.66. The number of fused-ring (bicyclic) bond motifs is 1. The van der Waals surface area contributed by atoms with Gasteiger partial charge in [-0.15, -0.1) is 0 Å². The number of hydrogen-bond donors (Lipinski definition) is 1. The van der Waals surface area contributed by atoms with Crippen LogP contribution in [0.5, 0.6) is 0 Å². The molecule has 0 bridgehead atoms. The minimum absolute atomic E-state index is 0.00138. The van der Waals surface area contributed by atoms with Crippen molar-refractivity contribution in [2.75, 3.05) is 6.54 Å². The maximum absolute atomic E-state index is 10.8. The highest BCUT2D eigenvalue weighted by Crippen LogP contribution is 2.19. The van der Waals surface area contributed by atoms with Gasteiger partial charge in [0.05, 0.1) is 5.52 Å². The molecule has 0 spiro atoms. The van der Waals surface area contributed by atoms with Gasteiger partial charge in [0, 0.05) is 29.5 Å². The van der Waals surface area contributed by atoms with Crippen molar-refractivity contribution in [3.05, 3.63) is 40.5 Å². The van der Waals surface area contributed by atoms with Gasteiger partial charge in [-0.05, 0) is 36.2 Å². The standard InChI is InChI=1S/C13H13BrN2O/c1-9(17)15-5-4-10-6-11-7-12(14)2-3-13(11)16-8-10/h2-3,6-8H,4-5H2,1H3,(H,15,17). The highest BCUT2D eigenvalue weighted by atomic mass is 79.9. The lowest BCUT2D eigenvalue weighted by molar-refractivity contribution is -0.118. The molecule has 2 rings (SSSR count). The van der Waals surface area contributed by atoms with E-state index in [1.165, 1.54) is 6.92 Å². The van der Waals surface area contributed by atoms with Crippen LogP contribution in [0.2, 0.25) is 0 Å². The number of nitrogens with zero attached hydrogens (tertiary/aromatic N) is 1. The number of rotatable bonds is 3. The fourth-order valence-corrected chi connectivity index (χ4v) is 2.05. The normalized spacial score (nSPS) is 10.5. The second kappa shape index (κ2) is 5.27. The Hall–Kier alpha value is -1.42. The molecule has 1 aromatic heterocycles. The number of halogens is 1. The van der Waals surface area contributed by atoms with E-state index in [1.807, 2.05) is 24.4 Å². The lowest BCUT2D eigenvalue weighted by Gasteiger charge is -2.04. The first kappa shape index (κ1) is 12.0. The third-order valence-electron chi connectivity index (χ3n) is 2.49. The van der Waals surface area contributed by atoms with Crippen molar-refractivity contribution in [3.8, 4) is 0 Å². The minimum atomic E-state index is 0.00138. The van der Waals surface area contributed by atoms with Crippen molar-refractivity contribution in [1.29, 1.82) is 0 Å². The van der Waals surface area contributed by atoms with Gasteiger partial charge < -0.3 is 5.32 Å². The lowest BCUT2D eigenvalue weighted by Crippen LogP contribution is -2.22. The fourth-order valence-electron chi connectivity index (χ4n) is 1.67. The first-order valence-electron chi connectivity index (χ1n) is 5.44. The van der Waals surface area contributed by atoms with Crippen molar-refractivity contribution >= 4 is 32.7 Å². The zero-order chi connectivity index (χ0) is 12.3. The Balaban J connectivity index is 2.16. The molecule has 0 aliphatic heterocycles. The molecule has 1 N–H and O–H groups in total. The molecule has 0 aliphatic rings. The van der Waals surface area contributed by atoms with E-state index in [0.717, 1.165) is 27.4 Å². The highest BCUT2D eigenvalue weighted by molar-refractivity contribution is 9.10. The number of amides is 1. The Bertz CT molecular complexity index is 554. The molecule has 3 nitrogen and oxygen atoms in total. The minimum Gasteiger partial charge on any atom is -0.356 e. The molecule has 0 unspecified atom stereocenters. The Morgan fingerprint density at radius 2 is 2.24 bits per heavy atom. The van der Waals surface area contributed by atoms with Gasteiger partial charge in [-0.3, -0.25) is 9.78 Å². The second-order valence-corrected chi connectivity index (χ2v) is 4.83. The predicted octanol–water partition coefficient (Wildman–Crippen LogP) is 2.68. The van der Waals surface area contributed by atoms with E-state index < -0.39 is 0 Å². The Morgan fingerprint density at radius 3 is 3.00 bits per heavy atom. The van der Waals surface area contributed by atoms with Crippen LogP contribution in [0.1, 0.15) is 12.5 Å². The Kier molecular flexibility index (Phi) is 3.74. The molecule has 1 amide bonds. The van der Waals surface area contributed by atoms with Crippen molar-refractivity contribution < 1.29 is 4.79 Å². The maximum Gasteiger partial charge on any atom is 0.216 e. The summed E-state index contributed by atoms with van der Waals surface area (Å²) in [5.74, 6) is 0.00138. The molecular weight excluding hydrogens is 280 g/mol. The predicted molar refractivity (Wildman–Crippen MR) is 71.8 cm³/mol. The summed E-state index contributed by atoms with van der Waals surface area (Å²) >= 11 is 3.44. The first-order chi connectivity index (χ1) is 8.15. The van der Waals surface area contributed by atoms with Crippen LogP contribution < -0.4 is 5.32 Å². The van der Waals surface area contributed by atoms with Crippen LogP contribution >= 0.6 is 15.9 Å². The molecule has 1 aromatic carbocycles. The molecule has 0 fully saturated rings. The van der Waals surface area contributed by atoms with Gasteiger partial charge in [-0.25, -0.2) is 0 Å². The summed E-state index contributed by atoms with van der Waals surface area (Å²) in [5.41, 5.74) is 2.11. The van der Waals surface area contributed by atoms with Crippen molar-refractivity contribution in [1.82, 2.24) is 10.3 Å². The van der Waals surface area contributed by atoms with Gasteiger partial charge >= 0.3 is 0 Å². The number of carbonyl (C=O) groups excluding carboxylic acids is 1. The van der Waals surface area contributed by atoms with Crippen LogP contribution in [0.4, 0.5) is 0 Å². The Labute approximate surface area is 108 Å². The summed E-state index contributed by atoms with van der Waals surface area (Å²) in [6, 6.07) is 8.11. The van der Waals surface area contributed by atoms with E-state index in [-0.39, 0.29) is 5.91 Å². The van der Waals surface area contributed by atoms with Crippen molar-refractivity contribution in [3.63, 3.8) is 0 Å². The number of pyridine rings is 1. The molecule has 0 aliphatic carbocycles. The topological polar surface area (TPSA) is 42.0 Å². The smallest absolute Gasteiger partial charge is 0.216 e. The SMILES string of the molecule is CC(=O)NCCc1cnc2ccc(Br)cc2c1. The van der Waals surface area contributed by atoms with E-state index in [1.54, 1.807) is 0 Å². The van der Waals surface area contributed by atoms with Gasteiger partial charge in [0.15, 0.2) is 0 Å². The van der Waals surface area contributed by atoms with E-state index in [9.17, 15) is 4.79 Å². The van der Waals surface area contributed by atoms with Crippen LogP contribution in [-0.2, 0) is 11.2 Å². The number of aromatic nitrogens is 1. The van der Waals surface area contributed by atoms with Crippen molar-refractivity contribution in [2.24, 2.45) is 0 Å². The number of hydrogen-bond acceptors (Lipinski definition) is 2. The van der Waals surface area contributed by atoms with Gasteiger partial charge in [0.25, 0.3) is 0 Å². The van der Waals surface area contributed by atoms with Gasteiger partial charge in [0.1, 0.15) is 0 Å². The molecular formula is C13H13BrN2O. The molecule has 88 valence electrons. The average Bonchev–Trinajstić information content (AvgIpc) is 2.28. The molecule has 2 aromatic rings. The van der Waals surface area contributed by atoms with Crippen LogP contribution in [-0.4, -0.2) is 17.4 Å². The molecule has 4 heteroatoms. The van der Waals surface area contributed by atoms with E-state index in [2.05, 4.69) is 32.3 Å². The number of carbonyl (C=O) groups is 1. The summed E-state index contributed by atoms with van der Waals surface area (Å²) < 4.78 is 1.05. The largest absolute Gasteiger partial charge is 0.356 e. The zero-order valence-corrected chi connectivity index (χ0v) is 11.1. The number of benzene rings is 1. The Morgan fingerprint density at radius 1 is 1.41 bits per heavy atom. The lowest BCUT2D eigenvalue weighted by atomic mass is 10.1. The van der Waals surface area contributed by atoms with Crippen LogP contribution in [0.15, 0.2) is 34.9 Å². The highest BCUT2D eigenvalue weighted by Gasteiger charge is 1.99. The summed E-state index contributed by atoms with van der Waals surface area (Å²) in [7, 11) is 0. The molecule has 0 saturated carbocycles. The third-order valence-corrected chi connectivity index (χ3v) is 2.98. The van der Waals surface area contributed by atoms with Crippen molar-refractivity contribution in [2.45, 2.75) is 13.3 Å². The van der Waals surface area contributed by atoms with Crippen LogP contribution in [0, 0.1) is 0 Å². The van der Waals surface area contributed by atoms with E-state index in [4.69, 9.17) is 0 Å². The summed E-state index contributed by atoms with van der Waals surface area (Å²) in [6.45, 7) is 2.17. The molecule has 1 heterocycles. The van der Waals surface area contributed by atoms with E-state index >= 15 is 0 Å². The first-order valence-corrected chi connectivity index (χ1v) is 6.23. The molecule has 0 atom stereocenters. The average molecular weight is 293 g/mol. The van der Waals surface area contributed by atoms with Crippen LogP contribution in [0.25, 0.3) is 10.9 Å². The van der Waals surface area contributed by atoms with E-state index in [0.29, 0.717) is 6.54 Å². The van der Waals surface area contributed by atoms with Crippen LogP contribution in [0.3, 0.4) is 0 Å².